The fraction of sp³-hybridized carbons (Fsp3) is 0.286. The summed E-state index contributed by atoms with van der Waals surface area (Å²) in [6.45, 7) is 1.92. The highest BCUT2D eigenvalue weighted by Gasteiger charge is 2.26. The Labute approximate surface area is 203 Å². The number of nitrogens with zero attached hydrogens (tertiary/aromatic N) is 2. The van der Waals surface area contributed by atoms with Crippen LogP contribution in [0.2, 0.25) is 0 Å². The van der Waals surface area contributed by atoms with Crippen molar-refractivity contribution in [2.75, 3.05) is 7.11 Å². The van der Waals surface area contributed by atoms with Gasteiger partial charge in [-0.1, -0.05) is 25.0 Å². The number of aromatic nitrogens is 2. The van der Waals surface area contributed by atoms with Crippen LogP contribution in [0, 0.1) is 5.82 Å². The molecule has 1 fully saturated rings. The van der Waals surface area contributed by atoms with Gasteiger partial charge in [0.15, 0.2) is 11.5 Å². The lowest BCUT2D eigenvalue weighted by Gasteiger charge is -2.15. The maximum atomic E-state index is 13.5. The van der Waals surface area contributed by atoms with Crippen molar-refractivity contribution in [1.82, 2.24) is 14.9 Å². The Balaban J connectivity index is 1.44. The summed E-state index contributed by atoms with van der Waals surface area (Å²) in [5.41, 5.74) is 3.25. The number of furan rings is 1. The normalized spacial score (nSPS) is 14.7. The van der Waals surface area contributed by atoms with E-state index >= 15 is 0 Å². The Hall–Kier alpha value is -3.87. The minimum Gasteiger partial charge on any atom is -0.497 e. The molecule has 0 saturated heterocycles. The molecule has 0 radical (unpaired) electrons. The molecule has 6 nitrogen and oxygen atoms in total. The highest BCUT2D eigenvalue weighted by atomic mass is 19.1. The van der Waals surface area contributed by atoms with Crippen molar-refractivity contribution in [2.24, 2.45) is 0 Å². The van der Waals surface area contributed by atoms with Crippen molar-refractivity contribution in [2.45, 2.75) is 44.7 Å². The van der Waals surface area contributed by atoms with E-state index in [1.807, 2.05) is 37.5 Å². The lowest BCUT2D eigenvalue weighted by atomic mass is 10.1. The van der Waals surface area contributed by atoms with Gasteiger partial charge in [0.1, 0.15) is 17.3 Å². The van der Waals surface area contributed by atoms with Crippen molar-refractivity contribution in [3.8, 4) is 28.5 Å². The molecular weight excluding hydrogens is 445 g/mol. The molecule has 0 aliphatic heterocycles. The molecule has 1 atom stereocenters. The summed E-state index contributed by atoms with van der Waals surface area (Å²) in [4.78, 5) is 17.7. The Bertz CT molecular complexity index is 1320. The summed E-state index contributed by atoms with van der Waals surface area (Å²) < 4.78 is 27.1. The maximum Gasteiger partial charge on any atom is 0.287 e. The fourth-order valence-electron chi connectivity index (χ4n) is 4.73. The number of rotatable bonds is 7. The zero-order chi connectivity index (χ0) is 24.4. The number of imidazole rings is 1. The van der Waals surface area contributed by atoms with Crippen LogP contribution in [0.15, 0.2) is 71.4 Å². The third kappa shape index (κ3) is 4.71. The van der Waals surface area contributed by atoms with Crippen molar-refractivity contribution < 1.29 is 18.3 Å². The van der Waals surface area contributed by atoms with E-state index in [9.17, 15) is 9.18 Å². The van der Waals surface area contributed by atoms with Gasteiger partial charge in [-0.05, 0) is 73.9 Å². The molecule has 2 heterocycles. The number of hydrogen-bond acceptors (Lipinski definition) is 4. The first-order chi connectivity index (χ1) is 17.0. The number of benzene rings is 2. The molecule has 1 aliphatic rings. The van der Waals surface area contributed by atoms with Crippen LogP contribution in [0.3, 0.4) is 0 Å². The topological polar surface area (TPSA) is 69.3 Å². The predicted octanol–water partition coefficient (Wildman–Crippen LogP) is 6.56. The second-order valence-corrected chi connectivity index (χ2v) is 8.93. The molecule has 7 heteroatoms. The van der Waals surface area contributed by atoms with Crippen LogP contribution >= 0.6 is 0 Å². The molecule has 0 bridgehead atoms. The highest BCUT2D eigenvalue weighted by molar-refractivity contribution is 5.92. The van der Waals surface area contributed by atoms with Gasteiger partial charge in [-0.3, -0.25) is 4.79 Å². The zero-order valence-corrected chi connectivity index (χ0v) is 19.8. The van der Waals surface area contributed by atoms with E-state index in [-0.39, 0.29) is 23.5 Å². The number of carbonyl (C=O) groups excluding carboxylic acids is 1. The van der Waals surface area contributed by atoms with Gasteiger partial charge in [0.05, 0.1) is 25.2 Å². The average Bonchev–Trinajstić information content (AvgIpc) is 3.64. The van der Waals surface area contributed by atoms with Crippen LogP contribution in [-0.2, 0) is 0 Å². The van der Waals surface area contributed by atoms with Gasteiger partial charge in [-0.2, -0.15) is 0 Å². The molecule has 1 aliphatic carbocycles. The van der Waals surface area contributed by atoms with E-state index in [4.69, 9.17) is 9.15 Å². The van der Waals surface area contributed by atoms with Crippen LogP contribution in [0.5, 0.6) is 5.75 Å². The minimum atomic E-state index is -0.304. The predicted molar refractivity (Wildman–Crippen MR) is 132 cm³/mol. The van der Waals surface area contributed by atoms with Gasteiger partial charge < -0.3 is 19.0 Å². The first-order valence-electron chi connectivity index (χ1n) is 11.9. The van der Waals surface area contributed by atoms with E-state index in [1.165, 1.54) is 25.0 Å². The van der Waals surface area contributed by atoms with Crippen molar-refractivity contribution in [1.29, 1.82) is 0 Å². The largest absolute Gasteiger partial charge is 0.497 e. The molecule has 0 spiro atoms. The second-order valence-electron chi connectivity index (χ2n) is 8.93. The lowest BCUT2D eigenvalue weighted by molar-refractivity contribution is 0.0912. The number of nitrogens with one attached hydrogen (secondary N) is 1. The summed E-state index contributed by atoms with van der Waals surface area (Å²) in [6, 6.07) is 17.5. The number of carbonyl (C=O) groups is 1. The Morgan fingerprint density at radius 2 is 1.91 bits per heavy atom. The second kappa shape index (κ2) is 9.78. The van der Waals surface area contributed by atoms with Crippen LogP contribution in [0.1, 0.15) is 60.8 Å². The van der Waals surface area contributed by atoms with Crippen LogP contribution in [-0.4, -0.2) is 22.6 Å². The van der Waals surface area contributed by atoms with Gasteiger partial charge in [-0.15, -0.1) is 0 Å². The smallest absolute Gasteiger partial charge is 0.287 e. The van der Waals surface area contributed by atoms with Crippen molar-refractivity contribution in [3.63, 3.8) is 0 Å². The fourth-order valence-corrected chi connectivity index (χ4v) is 4.73. The summed E-state index contributed by atoms with van der Waals surface area (Å²) in [5.74, 6) is 0.915. The van der Waals surface area contributed by atoms with Gasteiger partial charge in [-0.25, -0.2) is 9.37 Å². The van der Waals surface area contributed by atoms with Crippen molar-refractivity contribution >= 4 is 5.91 Å². The van der Waals surface area contributed by atoms with E-state index in [0.717, 1.165) is 35.4 Å². The SMILES string of the molecule is COc1cccc(C(C)NC(=O)c2ccc(-c3c(-c4ccc(F)cc4)ncn3C3CCCC3)o2)c1. The van der Waals surface area contributed by atoms with Gasteiger partial charge >= 0.3 is 0 Å². The molecule has 1 unspecified atom stereocenters. The molecule has 2 aromatic heterocycles. The zero-order valence-electron chi connectivity index (χ0n) is 19.8. The number of hydrogen-bond donors (Lipinski definition) is 1. The van der Waals surface area contributed by atoms with E-state index in [0.29, 0.717) is 17.5 Å². The lowest BCUT2D eigenvalue weighted by Crippen LogP contribution is -2.26. The third-order valence-electron chi connectivity index (χ3n) is 6.63. The number of methoxy groups -OCH3 is 1. The van der Waals surface area contributed by atoms with E-state index < -0.39 is 0 Å². The summed E-state index contributed by atoms with van der Waals surface area (Å²) >= 11 is 0. The molecule has 180 valence electrons. The molecule has 1 N–H and O–H groups in total. The molecule has 35 heavy (non-hydrogen) atoms. The first kappa shape index (κ1) is 22.9. The molecule has 1 amide bonds. The van der Waals surface area contributed by atoms with Gasteiger partial charge in [0.25, 0.3) is 5.91 Å². The van der Waals surface area contributed by atoms with Crippen LogP contribution in [0.4, 0.5) is 4.39 Å². The summed E-state index contributed by atoms with van der Waals surface area (Å²) in [5, 5.41) is 2.99. The number of amides is 1. The maximum absolute atomic E-state index is 13.5. The quantitative estimate of drug-likeness (QED) is 0.330. The number of halogens is 1. The number of ether oxygens (including phenoxy) is 1. The van der Waals surface area contributed by atoms with Crippen LogP contribution in [0.25, 0.3) is 22.7 Å². The Kier molecular flexibility index (Phi) is 6.40. The first-order valence-corrected chi connectivity index (χ1v) is 11.9. The minimum absolute atomic E-state index is 0.221. The molecule has 4 aromatic rings. The highest BCUT2D eigenvalue weighted by Crippen LogP contribution is 2.39. The van der Waals surface area contributed by atoms with Gasteiger partial charge in [0.2, 0.25) is 0 Å². The third-order valence-corrected chi connectivity index (χ3v) is 6.63. The molecule has 1 saturated carbocycles. The monoisotopic (exact) mass is 473 g/mol. The van der Waals surface area contributed by atoms with Crippen LogP contribution < -0.4 is 10.1 Å². The van der Waals surface area contributed by atoms with Crippen molar-refractivity contribution in [3.05, 3.63) is 84.1 Å². The van der Waals surface area contributed by atoms with E-state index in [2.05, 4.69) is 14.9 Å². The van der Waals surface area contributed by atoms with E-state index in [1.54, 1.807) is 31.4 Å². The van der Waals surface area contributed by atoms with Gasteiger partial charge in [0, 0.05) is 11.6 Å². The average molecular weight is 474 g/mol. The standard InChI is InChI=1S/C28H28FN3O3/c1-18(20-6-5-9-23(16-20)34-2)31-28(33)25-15-14-24(35-25)27-26(19-10-12-21(29)13-11-19)30-17-32(27)22-7-3-4-8-22/h5-6,9-18,22H,3-4,7-8H2,1-2H3,(H,31,33). The molecular formula is C28H28FN3O3. The molecule has 5 rings (SSSR count). The molecule has 2 aromatic carbocycles. The summed E-state index contributed by atoms with van der Waals surface area (Å²) in [6.07, 6.45) is 6.30. The Morgan fingerprint density at radius 3 is 2.66 bits per heavy atom. The summed E-state index contributed by atoms with van der Waals surface area (Å²) in [7, 11) is 1.61. The Morgan fingerprint density at radius 1 is 1.14 bits per heavy atom.